The zero-order valence-corrected chi connectivity index (χ0v) is 10.9. The highest BCUT2D eigenvalue weighted by Crippen LogP contribution is 2.27. The van der Waals surface area contributed by atoms with Crippen molar-refractivity contribution in [3.8, 4) is 0 Å². The van der Waals surface area contributed by atoms with E-state index in [1.54, 1.807) is 0 Å². The number of rotatable bonds is 10. The van der Waals surface area contributed by atoms with E-state index in [0.717, 1.165) is 6.42 Å². The molecule has 17 heavy (non-hydrogen) atoms. The maximum absolute atomic E-state index is 12.8. The Morgan fingerprint density at radius 2 is 0.882 bits per heavy atom. The van der Waals surface area contributed by atoms with Gasteiger partial charge in [0.2, 0.25) is 11.8 Å². The van der Waals surface area contributed by atoms with Crippen LogP contribution in [0.2, 0.25) is 0 Å². The Balaban J connectivity index is 3.36. The van der Waals surface area contributed by atoms with Crippen LogP contribution in [-0.2, 0) is 0 Å². The van der Waals surface area contributed by atoms with Gasteiger partial charge in [0.05, 0.1) is 0 Å². The molecular formula is C13H24F4. The van der Waals surface area contributed by atoms with Crippen LogP contribution in [0.1, 0.15) is 71.6 Å². The van der Waals surface area contributed by atoms with E-state index in [-0.39, 0.29) is 25.7 Å². The average Bonchev–Trinajstić information content (AvgIpc) is 2.27. The molecule has 0 spiro atoms. The molecule has 0 radical (unpaired) electrons. The molecule has 0 N–H and O–H groups in total. The van der Waals surface area contributed by atoms with Gasteiger partial charge in [0.1, 0.15) is 0 Å². The largest absolute Gasteiger partial charge is 0.247 e. The van der Waals surface area contributed by atoms with Crippen LogP contribution >= 0.6 is 0 Å². The predicted octanol–water partition coefficient (Wildman–Crippen LogP) is 5.81. The number of hydrogen-bond donors (Lipinski definition) is 0. The first-order chi connectivity index (χ1) is 7.83. The summed E-state index contributed by atoms with van der Waals surface area (Å²) in [5, 5.41) is 0. The maximum atomic E-state index is 12.8. The first kappa shape index (κ1) is 16.7. The molecule has 104 valence electrons. The lowest BCUT2D eigenvalue weighted by Crippen LogP contribution is -2.14. The van der Waals surface area contributed by atoms with Gasteiger partial charge in [0.25, 0.3) is 0 Å². The first-order valence-corrected chi connectivity index (χ1v) is 6.58. The second-order valence-electron chi connectivity index (χ2n) is 4.69. The van der Waals surface area contributed by atoms with E-state index in [1.165, 1.54) is 13.8 Å². The zero-order valence-electron chi connectivity index (χ0n) is 10.9. The molecule has 0 saturated heterocycles. The number of halogens is 4. The molecule has 4 heteroatoms. The predicted molar refractivity (Wildman–Crippen MR) is 62.8 cm³/mol. The summed E-state index contributed by atoms with van der Waals surface area (Å²) in [7, 11) is 0. The van der Waals surface area contributed by atoms with Gasteiger partial charge in [0, 0.05) is 25.7 Å². The van der Waals surface area contributed by atoms with E-state index >= 15 is 0 Å². The van der Waals surface area contributed by atoms with Crippen molar-refractivity contribution >= 4 is 0 Å². The molecule has 0 aromatic rings. The van der Waals surface area contributed by atoms with Crippen LogP contribution in [0.15, 0.2) is 0 Å². The van der Waals surface area contributed by atoms with Crippen molar-refractivity contribution in [3.05, 3.63) is 0 Å². The van der Waals surface area contributed by atoms with Gasteiger partial charge in [0.15, 0.2) is 0 Å². The highest BCUT2D eigenvalue weighted by Gasteiger charge is 2.25. The van der Waals surface area contributed by atoms with Crippen molar-refractivity contribution in [3.63, 3.8) is 0 Å². The molecule has 0 aromatic heterocycles. The van der Waals surface area contributed by atoms with Gasteiger partial charge in [-0.3, -0.25) is 0 Å². The van der Waals surface area contributed by atoms with Crippen molar-refractivity contribution in [2.45, 2.75) is 83.5 Å². The summed E-state index contributed by atoms with van der Waals surface area (Å²) in [5.74, 6) is -5.09. The van der Waals surface area contributed by atoms with E-state index in [2.05, 4.69) is 0 Å². The highest BCUT2D eigenvalue weighted by atomic mass is 19.3. The van der Waals surface area contributed by atoms with Gasteiger partial charge < -0.3 is 0 Å². The van der Waals surface area contributed by atoms with Crippen LogP contribution in [0.4, 0.5) is 17.6 Å². The molecular weight excluding hydrogens is 232 g/mol. The summed E-state index contributed by atoms with van der Waals surface area (Å²) < 4.78 is 51.3. The Labute approximate surface area is 102 Å². The summed E-state index contributed by atoms with van der Waals surface area (Å²) in [4.78, 5) is 0. The number of alkyl halides is 4. The standard InChI is InChI=1S/C13H24F4/c1-3-12(14,15)10-8-6-5-7-9-11-13(16,17)4-2/h3-11H2,1-2H3. The van der Waals surface area contributed by atoms with Crippen LogP contribution in [0, 0.1) is 0 Å². The first-order valence-electron chi connectivity index (χ1n) is 6.58. The smallest absolute Gasteiger partial charge is 0.207 e. The van der Waals surface area contributed by atoms with Gasteiger partial charge in [-0.15, -0.1) is 0 Å². The molecule has 0 unspecified atom stereocenters. The van der Waals surface area contributed by atoms with E-state index in [1.807, 2.05) is 0 Å². The van der Waals surface area contributed by atoms with Crippen molar-refractivity contribution in [1.82, 2.24) is 0 Å². The quantitative estimate of drug-likeness (QED) is 0.342. The third kappa shape index (κ3) is 9.42. The second kappa shape index (κ2) is 7.93. The Hall–Kier alpha value is -0.280. The molecule has 0 bridgehead atoms. The molecule has 0 atom stereocenters. The van der Waals surface area contributed by atoms with E-state index in [9.17, 15) is 17.6 Å². The Morgan fingerprint density at radius 3 is 1.18 bits per heavy atom. The van der Waals surface area contributed by atoms with Crippen LogP contribution < -0.4 is 0 Å². The highest BCUT2D eigenvalue weighted by molar-refractivity contribution is 4.65. The molecule has 0 saturated carbocycles. The van der Waals surface area contributed by atoms with Crippen molar-refractivity contribution in [1.29, 1.82) is 0 Å². The van der Waals surface area contributed by atoms with Gasteiger partial charge in [-0.2, -0.15) is 0 Å². The topological polar surface area (TPSA) is 0 Å². The lowest BCUT2D eigenvalue weighted by molar-refractivity contribution is -0.0148. The molecule has 0 rings (SSSR count). The Kier molecular flexibility index (Phi) is 7.80. The normalized spacial score (nSPS) is 13.1. The van der Waals surface area contributed by atoms with Crippen LogP contribution in [-0.4, -0.2) is 11.8 Å². The summed E-state index contributed by atoms with van der Waals surface area (Å²) in [6, 6.07) is 0. The third-order valence-electron chi connectivity index (χ3n) is 3.12. The molecule has 0 aliphatic carbocycles. The van der Waals surface area contributed by atoms with E-state index in [4.69, 9.17) is 0 Å². The lowest BCUT2D eigenvalue weighted by Gasteiger charge is -2.14. The maximum Gasteiger partial charge on any atom is 0.247 e. The molecule has 0 heterocycles. The monoisotopic (exact) mass is 256 g/mol. The second-order valence-corrected chi connectivity index (χ2v) is 4.69. The summed E-state index contributed by atoms with van der Waals surface area (Å²) in [6.07, 6.45) is 2.81. The number of unbranched alkanes of at least 4 members (excludes halogenated alkanes) is 4. The minimum Gasteiger partial charge on any atom is -0.207 e. The Morgan fingerprint density at radius 1 is 0.588 bits per heavy atom. The van der Waals surface area contributed by atoms with Crippen molar-refractivity contribution in [2.75, 3.05) is 0 Å². The minimum absolute atomic E-state index is 0.0748. The average molecular weight is 256 g/mol. The SMILES string of the molecule is CCC(F)(F)CCCCCCCC(F)(F)CC. The molecule has 0 nitrogen and oxygen atoms in total. The van der Waals surface area contributed by atoms with Gasteiger partial charge >= 0.3 is 0 Å². The van der Waals surface area contributed by atoms with Crippen molar-refractivity contribution in [2.24, 2.45) is 0 Å². The fourth-order valence-corrected chi connectivity index (χ4v) is 1.65. The molecule has 0 aliphatic rings. The molecule has 0 aromatic carbocycles. The summed E-state index contributed by atoms with van der Waals surface area (Å²) >= 11 is 0. The molecule has 0 fully saturated rings. The molecule has 0 amide bonds. The van der Waals surface area contributed by atoms with E-state index < -0.39 is 11.8 Å². The minimum atomic E-state index is -2.55. The Bertz CT molecular complexity index is 170. The van der Waals surface area contributed by atoms with Crippen LogP contribution in [0.25, 0.3) is 0 Å². The lowest BCUT2D eigenvalue weighted by atomic mass is 10.0. The van der Waals surface area contributed by atoms with Crippen molar-refractivity contribution < 1.29 is 17.6 Å². The zero-order chi connectivity index (χ0) is 13.4. The third-order valence-corrected chi connectivity index (χ3v) is 3.12. The van der Waals surface area contributed by atoms with Gasteiger partial charge in [-0.05, 0) is 12.8 Å². The fraction of sp³-hybridized carbons (Fsp3) is 1.00. The number of hydrogen-bond acceptors (Lipinski definition) is 0. The van der Waals surface area contributed by atoms with Gasteiger partial charge in [-0.1, -0.05) is 33.1 Å². The summed E-state index contributed by atoms with van der Waals surface area (Å²) in [5.41, 5.74) is 0. The fourth-order valence-electron chi connectivity index (χ4n) is 1.65. The van der Waals surface area contributed by atoms with Gasteiger partial charge in [-0.25, -0.2) is 17.6 Å². The molecule has 0 aliphatic heterocycles. The van der Waals surface area contributed by atoms with Crippen LogP contribution in [0.3, 0.4) is 0 Å². The summed E-state index contributed by atoms with van der Waals surface area (Å²) in [6.45, 7) is 2.96. The van der Waals surface area contributed by atoms with Crippen LogP contribution in [0.5, 0.6) is 0 Å². The van der Waals surface area contributed by atoms with E-state index in [0.29, 0.717) is 25.7 Å².